The van der Waals surface area contributed by atoms with E-state index in [1.807, 2.05) is 29.2 Å². The molecule has 3 atom stereocenters. The fourth-order valence-electron chi connectivity index (χ4n) is 6.16. The minimum absolute atomic E-state index is 0.00587. The maximum absolute atomic E-state index is 14.8. The summed E-state index contributed by atoms with van der Waals surface area (Å²) < 4.78 is 29.0. The zero-order valence-corrected chi connectivity index (χ0v) is 22.3. The lowest BCUT2D eigenvalue weighted by atomic mass is 9.85. The van der Waals surface area contributed by atoms with E-state index in [-0.39, 0.29) is 41.2 Å². The second kappa shape index (κ2) is 12.3. The first kappa shape index (κ1) is 27.3. The Morgan fingerprint density at radius 1 is 1.03 bits per heavy atom. The molecule has 5 rings (SSSR count). The van der Waals surface area contributed by atoms with E-state index in [9.17, 15) is 18.7 Å². The Labute approximate surface area is 227 Å². The monoisotopic (exact) mass is 547 g/mol. The summed E-state index contributed by atoms with van der Waals surface area (Å²) in [5.74, 6) is -1.05. The Balaban J connectivity index is 1.39. The van der Waals surface area contributed by atoms with Gasteiger partial charge >= 0.3 is 0 Å². The van der Waals surface area contributed by atoms with Crippen LogP contribution in [0.5, 0.6) is 0 Å². The van der Waals surface area contributed by atoms with Crippen molar-refractivity contribution in [2.75, 3.05) is 63.9 Å². The number of anilines is 1. The molecule has 3 unspecified atom stereocenters. The number of piperazine rings is 2. The molecule has 2 aromatic rings. The number of halogens is 3. The van der Waals surface area contributed by atoms with Crippen molar-refractivity contribution in [1.82, 2.24) is 20.4 Å². The van der Waals surface area contributed by atoms with Crippen LogP contribution in [0.1, 0.15) is 28.8 Å². The quantitative estimate of drug-likeness (QED) is 0.483. The van der Waals surface area contributed by atoms with E-state index in [1.165, 1.54) is 0 Å². The van der Waals surface area contributed by atoms with Crippen LogP contribution in [0.4, 0.5) is 14.5 Å². The highest BCUT2D eigenvalue weighted by atomic mass is 35.5. The number of carbonyl (C=O) groups is 1. The van der Waals surface area contributed by atoms with Gasteiger partial charge in [-0.25, -0.2) is 8.78 Å². The largest absolute Gasteiger partial charge is 0.395 e. The average Bonchev–Trinajstić information content (AvgIpc) is 3.15. The Kier molecular flexibility index (Phi) is 8.80. The average molecular weight is 548 g/mol. The van der Waals surface area contributed by atoms with E-state index < -0.39 is 11.6 Å². The third-order valence-electron chi connectivity index (χ3n) is 8.12. The molecule has 3 saturated heterocycles. The van der Waals surface area contributed by atoms with Crippen LogP contribution in [0.15, 0.2) is 36.4 Å². The molecule has 0 aliphatic carbocycles. The number of benzene rings is 2. The van der Waals surface area contributed by atoms with E-state index in [2.05, 4.69) is 20.4 Å². The third kappa shape index (κ3) is 5.82. The molecule has 0 aromatic heterocycles. The van der Waals surface area contributed by atoms with Crippen LogP contribution in [0.3, 0.4) is 0 Å². The molecular weight excluding hydrogens is 512 g/mol. The van der Waals surface area contributed by atoms with Crippen LogP contribution < -0.4 is 15.5 Å². The highest BCUT2D eigenvalue weighted by Crippen LogP contribution is 2.34. The van der Waals surface area contributed by atoms with Crippen molar-refractivity contribution < 1.29 is 18.7 Å². The number of hydrogen-bond acceptors (Lipinski definition) is 6. The maximum atomic E-state index is 14.8. The van der Waals surface area contributed by atoms with Gasteiger partial charge in [0.25, 0.3) is 5.91 Å². The number of rotatable bonds is 6. The van der Waals surface area contributed by atoms with Crippen LogP contribution in [0, 0.1) is 17.6 Å². The molecule has 3 aliphatic rings. The van der Waals surface area contributed by atoms with Gasteiger partial charge in [-0.1, -0.05) is 17.7 Å². The van der Waals surface area contributed by atoms with Crippen LogP contribution in [-0.2, 0) is 6.42 Å². The van der Waals surface area contributed by atoms with E-state index in [1.54, 1.807) is 0 Å². The fourth-order valence-corrected chi connectivity index (χ4v) is 6.39. The van der Waals surface area contributed by atoms with Crippen LogP contribution >= 0.6 is 11.6 Å². The highest BCUT2D eigenvalue weighted by molar-refractivity contribution is 6.31. The summed E-state index contributed by atoms with van der Waals surface area (Å²) in [4.78, 5) is 19.7. The molecule has 1 amide bonds. The Morgan fingerprint density at radius 3 is 2.58 bits per heavy atom. The Hall–Kier alpha value is -2.30. The molecular formula is C28H36ClF2N5O2. The molecule has 38 heavy (non-hydrogen) atoms. The minimum atomic E-state index is -0.603. The van der Waals surface area contributed by atoms with E-state index >= 15 is 0 Å². The number of amides is 1. The molecule has 0 spiro atoms. The summed E-state index contributed by atoms with van der Waals surface area (Å²) in [5, 5.41) is 16.2. The predicted molar refractivity (Wildman–Crippen MR) is 145 cm³/mol. The molecule has 0 radical (unpaired) electrons. The first-order valence-electron chi connectivity index (χ1n) is 13.5. The van der Waals surface area contributed by atoms with Gasteiger partial charge in [-0.15, -0.1) is 0 Å². The third-order valence-corrected chi connectivity index (χ3v) is 8.53. The molecule has 7 nitrogen and oxygen atoms in total. The predicted octanol–water partition coefficient (Wildman–Crippen LogP) is 2.71. The van der Waals surface area contributed by atoms with Gasteiger partial charge in [0.05, 0.1) is 23.8 Å². The van der Waals surface area contributed by atoms with E-state index in [0.29, 0.717) is 31.6 Å². The first-order chi connectivity index (χ1) is 18.5. The number of aliphatic hydroxyl groups excluding tert-OH is 1. The second-order valence-corrected chi connectivity index (χ2v) is 10.8. The van der Waals surface area contributed by atoms with Gasteiger partial charge < -0.3 is 20.2 Å². The molecule has 2 aromatic carbocycles. The lowest BCUT2D eigenvalue weighted by Gasteiger charge is -2.46. The number of β-amino-alcohol motifs (C(OH)–C–C–N with tert-alkyl or cyclic N) is 1. The van der Waals surface area contributed by atoms with Gasteiger partial charge in [0.1, 0.15) is 11.6 Å². The summed E-state index contributed by atoms with van der Waals surface area (Å²) in [5.41, 5.74) is 1.82. The highest BCUT2D eigenvalue weighted by Gasteiger charge is 2.39. The van der Waals surface area contributed by atoms with Gasteiger partial charge in [-0.2, -0.15) is 0 Å². The van der Waals surface area contributed by atoms with Crippen molar-refractivity contribution in [3.63, 3.8) is 0 Å². The zero-order valence-electron chi connectivity index (χ0n) is 21.5. The van der Waals surface area contributed by atoms with Crippen molar-refractivity contribution in [3.05, 3.63) is 64.2 Å². The minimum Gasteiger partial charge on any atom is -0.395 e. The lowest BCUT2D eigenvalue weighted by Crippen LogP contribution is -2.65. The van der Waals surface area contributed by atoms with Gasteiger partial charge in [0.15, 0.2) is 0 Å². The SMILES string of the molecule is O=C(c1cccc(N2CCNC3NCCCC(Cc4c(F)ccc(F)c4Cl)C32)c1)N1CCN(CCO)CC1. The molecule has 3 aliphatic heterocycles. The second-order valence-electron chi connectivity index (χ2n) is 10.4. The molecule has 0 saturated carbocycles. The number of nitrogens with one attached hydrogen (secondary N) is 2. The Bertz CT molecular complexity index is 1130. The molecule has 10 heteroatoms. The van der Waals surface area contributed by atoms with Gasteiger partial charge in [-0.05, 0) is 62.1 Å². The summed E-state index contributed by atoms with van der Waals surface area (Å²) in [6, 6.07) is 9.96. The van der Waals surface area contributed by atoms with Crippen molar-refractivity contribution in [2.24, 2.45) is 5.92 Å². The lowest BCUT2D eigenvalue weighted by molar-refractivity contribution is 0.0615. The van der Waals surface area contributed by atoms with E-state index in [4.69, 9.17) is 11.6 Å². The summed E-state index contributed by atoms with van der Waals surface area (Å²) >= 11 is 6.23. The number of hydrogen-bond donors (Lipinski definition) is 3. The number of fused-ring (bicyclic) bond motifs is 1. The molecule has 3 heterocycles. The van der Waals surface area contributed by atoms with Crippen LogP contribution in [0.25, 0.3) is 0 Å². The van der Waals surface area contributed by atoms with E-state index in [0.717, 1.165) is 63.4 Å². The zero-order chi connectivity index (χ0) is 26.6. The number of aliphatic hydroxyl groups is 1. The van der Waals surface area contributed by atoms with Crippen LogP contribution in [-0.4, -0.2) is 92.0 Å². The van der Waals surface area contributed by atoms with Gasteiger partial charge in [-0.3, -0.25) is 15.0 Å². The number of carbonyl (C=O) groups excluding carboxylic acids is 1. The molecule has 3 fully saturated rings. The first-order valence-corrected chi connectivity index (χ1v) is 13.9. The summed E-state index contributed by atoms with van der Waals surface area (Å²) in [7, 11) is 0. The molecule has 3 N–H and O–H groups in total. The number of nitrogens with zero attached hydrogens (tertiary/aromatic N) is 3. The van der Waals surface area contributed by atoms with Crippen molar-refractivity contribution in [1.29, 1.82) is 0 Å². The van der Waals surface area contributed by atoms with Crippen molar-refractivity contribution in [3.8, 4) is 0 Å². The Morgan fingerprint density at radius 2 is 1.79 bits per heavy atom. The molecule has 206 valence electrons. The fraction of sp³-hybridized carbons (Fsp3) is 0.536. The van der Waals surface area contributed by atoms with Crippen molar-refractivity contribution in [2.45, 2.75) is 31.5 Å². The maximum Gasteiger partial charge on any atom is 0.254 e. The normalized spacial score (nSPS) is 24.7. The topological polar surface area (TPSA) is 71.1 Å². The molecule has 0 bridgehead atoms. The standard InChI is InChI=1S/C28H36ClF2N5O2/c29-25-22(23(30)6-7-24(25)31)18-19-4-2-8-32-27-26(19)36(10-9-33-27)21-5-1-3-20(17-21)28(38)35-13-11-34(12-14-35)15-16-37/h1,3,5-7,17,19,26-27,32-33,37H,2,4,8-16,18H2. The van der Waals surface area contributed by atoms with Gasteiger partial charge in [0.2, 0.25) is 0 Å². The van der Waals surface area contributed by atoms with Gasteiger partial charge in [0, 0.05) is 62.6 Å². The summed E-state index contributed by atoms with van der Waals surface area (Å²) in [6.07, 6.45) is 2.07. The smallest absolute Gasteiger partial charge is 0.254 e. The van der Waals surface area contributed by atoms with Crippen molar-refractivity contribution >= 4 is 23.2 Å². The van der Waals surface area contributed by atoms with Crippen LogP contribution in [0.2, 0.25) is 5.02 Å². The summed E-state index contributed by atoms with van der Waals surface area (Å²) in [6.45, 7) is 5.84.